The van der Waals surface area contributed by atoms with E-state index in [2.05, 4.69) is 4.98 Å². The van der Waals surface area contributed by atoms with E-state index in [1.165, 1.54) is 0 Å². The fourth-order valence-corrected chi connectivity index (χ4v) is 2.37. The van der Waals surface area contributed by atoms with Gasteiger partial charge in [0, 0.05) is 23.5 Å². The summed E-state index contributed by atoms with van der Waals surface area (Å²) >= 11 is 0. The number of carbonyl (C=O) groups excluding carboxylic acids is 2. The first-order valence-corrected chi connectivity index (χ1v) is 7.36. The number of hydrogen-bond acceptors (Lipinski definition) is 3. The zero-order valence-electron chi connectivity index (χ0n) is 12.5. The van der Waals surface area contributed by atoms with Crippen molar-refractivity contribution < 1.29 is 9.59 Å². The van der Waals surface area contributed by atoms with Gasteiger partial charge in [-0.25, -0.2) is 0 Å². The molecule has 0 radical (unpaired) electrons. The zero-order chi connectivity index (χ0) is 16.1. The van der Waals surface area contributed by atoms with Crippen molar-refractivity contribution in [2.45, 2.75) is 6.42 Å². The number of benzene rings is 2. The van der Waals surface area contributed by atoms with E-state index in [4.69, 9.17) is 0 Å². The Kier molecular flexibility index (Phi) is 4.39. The van der Waals surface area contributed by atoms with Gasteiger partial charge in [-0.1, -0.05) is 54.6 Å². The van der Waals surface area contributed by atoms with Crippen LogP contribution < -0.4 is 0 Å². The van der Waals surface area contributed by atoms with Crippen LogP contribution in [0.5, 0.6) is 0 Å². The van der Waals surface area contributed by atoms with Crippen LogP contribution in [0.1, 0.15) is 27.1 Å². The molecule has 0 aliphatic rings. The Hall–Kier alpha value is -3.07. The molecule has 3 nitrogen and oxygen atoms in total. The minimum Gasteiger partial charge on any atom is -0.294 e. The van der Waals surface area contributed by atoms with Gasteiger partial charge in [-0.2, -0.15) is 0 Å². The molecular weight excluding hydrogens is 286 g/mol. The van der Waals surface area contributed by atoms with Crippen LogP contribution in [0.4, 0.5) is 0 Å². The molecule has 3 aromatic rings. The van der Waals surface area contributed by atoms with E-state index in [0.717, 1.165) is 11.1 Å². The lowest BCUT2D eigenvalue weighted by Gasteiger charge is -2.04. The molecule has 0 spiro atoms. The van der Waals surface area contributed by atoms with Gasteiger partial charge in [0.15, 0.2) is 11.6 Å². The molecule has 0 aliphatic carbocycles. The highest BCUT2D eigenvalue weighted by Gasteiger charge is 2.13. The van der Waals surface area contributed by atoms with Crippen molar-refractivity contribution >= 4 is 11.6 Å². The van der Waals surface area contributed by atoms with Crippen molar-refractivity contribution in [3.05, 3.63) is 90.3 Å². The Morgan fingerprint density at radius 2 is 1.17 bits per heavy atom. The summed E-state index contributed by atoms with van der Waals surface area (Å²) in [4.78, 5) is 28.2. The molecule has 112 valence electrons. The number of ketones is 2. The van der Waals surface area contributed by atoms with Gasteiger partial charge in [-0.3, -0.25) is 14.6 Å². The van der Waals surface area contributed by atoms with Crippen LogP contribution in [-0.4, -0.2) is 16.6 Å². The minimum atomic E-state index is -0.190. The van der Waals surface area contributed by atoms with Gasteiger partial charge < -0.3 is 0 Å². The molecule has 0 unspecified atom stereocenters. The fourth-order valence-electron chi connectivity index (χ4n) is 2.37. The Labute approximate surface area is 134 Å². The molecule has 0 bridgehead atoms. The van der Waals surface area contributed by atoms with Gasteiger partial charge in [0.1, 0.15) is 0 Å². The fraction of sp³-hybridized carbons (Fsp3) is 0.0500. The second-order valence-electron chi connectivity index (χ2n) is 5.20. The molecule has 1 heterocycles. The molecule has 3 rings (SSSR count). The molecule has 0 atom stereocenters. The van der Waals surface area contributed by atoms with Crippen LogP contribution in [0.25, 0.3) is 11.1 Å². The van der Waals surface area contributed by atoms with E-state index in [9.17, 15) is 9.59 Å². The number of hydrogen-bond donors (Lipinski definition) is 0. The molecule has 0 N–H and O–H groups in total. The monoisotopic (exact) mass is 301 g/mol. The van der Waals surface area contributed by atoms with Crippen LogP contribution in [0.3, 0.4) is 0 Å². The SMILES string of the molecule is O=C(CC(=O)c1ccc(-c2ccccc2)cc1)c1ccncc1. The third-order valence-electron chi connectivity index (χ3n) is 3.64. The average Bonchev–Trinajstić information content (AvgIpc) is 2.63. The van der Waals surface area contributed by atoms with Crippen LogP contribution in [0.2, 0.25) is 0 Å². The molecule has 0 fully saturated rings. The van der Waals surface area contributed by atoms with Crippen molar-refractivity contribution in [2.75, 3.05) is 0 Å². The minimum absolute atomic E-state index is 0.130. The highest BCUT2D eigenvalue weighted by molar-refractivity contribution is 6.13. The van der Waals surface area contributed by atoms with Crippen LogP contribution >= 0.6 is 0 Å². The Morgan fingerprint density at radius 1 is 0.652 bits per heavy atom. The van der Waals surface area contributed by atoms with Gasteiger partial charge in [-0.15, -0.1) is 0 Å². The molecule has 0 amide bonds. The summed E-state index contributed by atoms with van der Waals surface area (Å²) < 4.78 is 0. The molecule has 1 aromatic heterocycles. The van der Waals surface area contributed by atoms with Gasteiger partial charge in [-0.05, 0) is 23.3 Å². The highest BCUT2D eigenvalue weighted by Crippen LogP contribution is 2.20. The maximum absolute atomic E-state index is 12.2. The van der Waals surface area contributed by atoms with Crippen LogP contribution in [0, 0.1) is 0 Å². The van der Waals surface area contributed by atoms with E-state index in [1.54, 1.807) is 36.7 Å². The molecule has 23 heavy (non-hydrogen) atoms. The summed E-state index contributed by atoms with van der Waals surface area (Å²) in [6.45, 7) is 0. The van der Waals surface area contributed by atoms with E-state index < -0.39 is 0 Å². The summed E-state index contributed by atoms with van der Waals surface area (Å²) in [5.41, 5.74) is 3.20. The summed E-state index contributed by atoms with van der Waals surface area (Å²) in [6.07, 6.45) is 2.97. The molecule has 2 aromatic carbocycles. The maximum atomic E-state index is 12.2. The van der Waals surface area contributed by atoms with Crippen molar-refractivity contribution in [3.8, 4) is 11.1 Å². The predicted octanol–water partition coefficient (Wildman–Crippen LogP) is 4.20. The second-order valence-corrected chi connectivity index (χ2v) is 5.20. The van der Waals surface area contributed by atoms with Gasteiger partial charge in [0.05, 0.1) is 6.42 Å². The largest absolute Gasteiger partial charge is 0.294 e. The Balaban J connectivity index is 1.72. The number of nitrogens with zero attached hydrogens (tertiary/aromatic N) is 1. The van der Waals surface area contributed by atoms with Crippen molar-refractivity contribution in [1.82, 2.24) is 4.98 Å². The smallest absolute Gasteiger partial charge is 0.170 e. The van der Waals surface area contributed by atoms with Crippen molar-refractivity contribution in [3.63, 3.8) is 0 Å². The van der Waals surface area contributed by atoms with E-state index >= 15 is 0 Å². The molecule has 0 saturated heterocycles. The molecule has 0 saturated carbocycles. The quantitative estimate of drug-likeness (QED) is 0.524. The number of Topliss-reactive ketones (excluding diaryl/α,β-unsaturated/α-hetero) is 2. The summed E-state index contributed by atoms with van der Waals surface area (Å²) in [7, 11) is 0. The van der Waals surface area contributed by atoms with Gasteiger partial charge in [0.25, 0.3) is 0 Å². The zero-order valence-corrected chi connectivity index (χ0v) is 12.5. The number of carbonyl (C=O) groups is 2. The van der Waals surface area contributed by atoms with Crippen molar-refractivity contribution in [1.29, 1.82) is 0 Å². The average molecular weight is 301 g/mol. The van der Waals surface area contributed by atoms with Crippen LogP contribution in [0.15, 0.2) is 79.1 Å². The number of rotatable bonds is 5. The first-order valence-electron chi connectivity index (χ1n) is 7.36. The number of pyridine rings is 1. The topological polar surface area (TPSA) is 47.0 Å². The van der Waals surface area contributed by atoms with E-state index in [0.29, 0.717) is 11.1 Å². The van der Waals surface area contributed by atoms with Gasteiger partial charge in [0.2, 0.25) is 0 Å². The lowest BCUT2D eigenvalue weighted by atomic mass is 9.99. The Bertz CT molecular complexity index is 809. The number of aromatic nitrogens is 1. The van der Waals surface area contributed by atoms with Gasteiger partial charge >= 0.3 is 0 Å². The standard InChI is InChI=1S/C20H15NO2/c22-19(14-20(23)18-10-12-21-13-11-18)17-8-6-16(7-9-17)15-4-2-1-3-5-15/h1-13H,14H2. The summed E-state index contributed by atoms with van der Waals surface area (Å²) in [5.74, 6) is -0.365. The lowest BCUT2D eigenvalue weighted by molar-refractivity contribution is 0.0894. The molecular formula is C20H15NO2. The Morgan fingerprint density at radius 3 is 1.78 bits per heavy atom. The van der Waals surface area contributed by atoms with E-state index in [1.807, 2.05) is 42.5 Å². The first kappa shape index (κ1) is 14.9. The van der Waals surface area contributed by atoms with Crippen LogP contribution in [-0.2, 0) is 0 Å². The predicted molar refractivity (Wildman–Crippen MR) is 89.4 cm³/mol. The maximum Gasteiger partial charge on any atom is 0.170 e. The third-order valence-corrected chi connectivity index (χ3v) is 3.64. The van der Waals surface area contributed by atoms with E-state index in [-0.39, 0.29) is 18.0 Å². The molecule has 3 heteroatoms. The highest BCUT2D eigenvalue weighted by atomic mass is 16.1. The molecule has 0 aliphatic heterocycles. The first-order chi connectivity index (χ1) is 11.2. The third kappa shape index (κ3) is 3.58. The second kappa shape index (κ2) is 6.79. The summed E-state index contributed by atoms with van der Waals surface area (Å²) in [6, 6.07) is 20.5. The van der Waals surface area contributed by atoms with Crippen molar-refractivity contribution in [2.24, 2.45) is 0 Å². The summed E-state index contributed by atoms with van der Waals surface area (Å²) in [5, 5.41) is 0. The lowest BCUT2D eigenvalue weighted by Crippen LogP contribution is -2.08. The normalized spacial score (nSPS) is 10.3.